The number of H-pyrrole nitrogens is 1. The number of carbonyl (C=O) groups is 1. The normalized spacial score (nSPS) is 11.0. The summed E-state index contributed by atoms with van der Waals surface area (Å²) in [6.07, 6.45) is -0.0719. The van der Waals surface area contributed by atoms with E-state index in [0.29, 0.717) is 5.56 Å². The highest BCUT2D eigenvalue weighted by Crippen LogP contribution is 2.29. The molecule has 0 aliphatic rings. The standard InChI is InChI=1S/C14H10N2O4/c17-14(18)6-8-1-3-12-10(5-8)11-7-9(16(19)20)2-4-13(11)15-12/h1-5,7,15H,6H2,(H,17,18). The van der Waals surface area contributed by atoms with Crippen molar-refractivity contribution in [3.63, 3.8) is 0 Å². The van der Waals surface area contributed by atoms with Crippen LogP contribution in [0.4, 0.5) is 5.69 Å². The molecule has 6 heteroatoms. The highest BCUT2D eigenvalue weighted by molar-refractivity contribution is 6.08. The Bertz CT molecular complexity index is 851. The second-order valence-electron chi connectivity index (χ2n) is 4.56. The topological polar surface area (TPSA) is 96.2 Å². The maximum atomic E-state index is 10.8. The lowest BCUT2D eigenvalue weighted by atomic mass is 10.1. The van der Waals surface area contributed by atoms with Crippen LogP contribution in [0.5, 0.6) is 0 Å². The fourth-order valence-corrected chi connectivity index (χ4v) is 2.33. The van der Waals surface area contributed by atoms with E-state index >= 15 is 0 Å². The first-order valence-electron chi connectivity index (χ1n) is 5.95. The predicted molar refractivity (Wildman–Crippen MR) is 73.8 cm³/mol. The Morgan fingerprint density at radius 1 is 1.15 bits per heavy atom. The zero-order chi connectivity index (χ0) is 14.3. The molecule has 0 bridgehead atoms. The molecule has 0 spiro atoms. The van der Waals surface area contributed by atoms with Crippen LogP contribution in [-0.2, 0) is 11.2 Å². The first-order chi connectivity index (χ1) is 9.54. The second-order valence-corrected chi connectivity index (χ2v) is 4.56. The van der Waals surface area contributed by atoms with Crippen molar-refractivity contribution in [2.75, 3.05) is 0 Å². The molecule has 1 aromatic heterocycles. The van der Waals surface area contributed by atoms with Gasteiger partial charge in [0.2, 0.25) is 0 Å². The number of nitrogens with zero attached hydrogens (tertiary/aromatic N) is 1. The zero-order valence-electron chi connectivity index (χ0n) is 10.3. The lowest BCUT2D eigenvalue weighted by Gasteiger charge is -1.97. The van der Waals surface area contributed by atoms with Gasteiger partial charge in [-0.25, -0.2) is 0 Å². The molecule has 2 aromatic carbocycles. The quantitative estimate of drug-likeness (QED) is 0.565. The van der Waals surface area contributed by atoms with Crippen molar-refractivity contribution in [1.82, 2.24) is 4.98 Å². The minimum Gasteiger partial charge on any atom is -0.481 e. The number of aromatic nitrogens is 1. The highest BCUT2D eigenvalue weighted by Gasteiger charge is 2.11. The molecule has 0 unspecified atom stereocenters. The number of aliphatic carboxylic acids is 1. The van der Waals surface area contributed by atoms with Gasteiger partial charge in [0.15, 0.2) is 0 Å². The van der Waals surface area contributed by atoms with Gasteiger partial charge < -0.3 is 10.1 Å². The van der Waals surface area contributed by atoms with Crippen LogP contribution in [0, 0.1) is 10.1 Å². The van der Waals surface area contributed by atoms with Crippen LogP contribution in [0.1, 0.15) is 5.56 Å². The third kappa shape index (κ3) is 1.97. The summed E-state index contributed by atoms with van der Waals surface area (Å²) < 4.78 is 0. The number of nitro groups is 1. The van der Waals surface area contributed by atoms with Gasteiger partial charge in [-0.1, -0.05) is 6.07 Å². The number of carboxylic acid groups (broad SMARTS) is 1. The average Bonchev–Trinajstić information content (AvgIpc) is 2.75. The molecule has 1 heterocycles. The lowest BCUT2D eigenvalue weighted by molar-refractivity contribution is -0.384. The molecule has 0 amide bonds. The summed E-state index contributed by atoms with van der Waals surface area (Å²) in [4.78, 5) is 24.3. The summed E-state index contributed by atoms with van der Waals surface area (Å²) in [5, 5.41) is 21.2. The number of aromatic amines is 1. The van der Waals surface area contributed by atoms with Gasteiger partial charge in [0.05, 0.1) is 11.3 Å². The Kier molecular flexibility index (Phi) is 2.64. The number of carboxylic acids is 1. The van der Waals surface area contributed by atoms with E-state index in [2.05, 4.69) is 4.98 Å². The number of nitrogens with one attached hydrogen (secondary N) is 1. The molecule has 20 heavy (non-hydrogen) atoms. The number of nitro benzene ring substituents is 1. The number of benzene rings is 2. The molecule has 100 valence electrons. The second kappa shape index (κ2) is 4.34. The van der Waals surface area contributed by atoms with Crippen molar-refractivity contribution < 1.29 is 14.8 Å². The first kappa shape index (κ1) is 12.2. The minimum atomic E-state index is -0.907. The Labute approximate surface area is 112 Å². The highest BCUT2D eigenvalue weighted by atomic mass is 16.6. The maximum absolute atomic E-state index is 10.8. The molecule has 0 aliphatic carbocycles. The van der Waals surface area contributed by atoms with E-state index in [4.69, 9.17) is 5.11 Å². The van der Waals surface area contributed by atoms with Gasteiger partial charge >= 0.3 is 5.97 Å². The van der Waals surface area contributed by atoms with E-state index in [-0.39, 0.29) is 12.1 Å². The summed E-state index contributed by atoms with van der Waals surface area (Å²) in [5.74, 6) is -0.907. The Hall–Kier alpha value is -2.89. The summed E-state index contributed by atoms with van der Waals surface area (Å²) in [5.41, 5.74) is 2.30. The monoisotopic (exact) mass is 270 g/mol. The molecule has 2 N–H and O–H groups in total. The SMILES string of the molecule is O=C(O)Cc1ccc2[nH]c3ccc([N+](=O)[O-])cc3c2c1. The fraction of sp³-hybridized carbons (Fsp3) is 0.0714. The summed E-state index contributed by atoms with van der Waals surface area (Å²) in [7, 11) is 0. The fourth-order valence-electron chi connectivity index (χ4n) is 2.33. The molecule has 3 rings (SSSR count). The van der Waals surface area contributed by atoms with E-state index in [1.54, 1.807) is 24.3 Å². The van der Waals surface area contributed by atoms with E-state index in [1.807, 2.05) is 0 Å². The van der Waals surface area contributed by atoms with Crippen LogP contribution in [0.3, 0.4) is 0 Å². The van der Waals surface area contributed by atoms with Crippen molar-refractivity contribution in [1.29, 1.82) is 0 Å². The average molecular weight is 270 g/mol. The van der Waals surface area contributed by atoms with Crippen molar-refractivity contribution in [2.45, 2.75) is 6.42 Å². The molecule has 0 fully saturated rings. The third-order valence-electron chi connectivity index (χ3n) is 3.21. The van der Waals surface area contributed by atoms with E-state index in [0.717, 1.165) is 21.8 Å². The van der Waals surface area contributed by atoms with Crippen LogP contribution in [0.2, 0.25) is 0 Å². The van der Waals surface area contributed by atoms with Gasteiger partial charge in [-0.3, -0.25) is 14.9 Å². The number of fused-ring (bicyclic) bond motifs is 3. The van der Waals surface area contributed by atoms with Crippen LogP contribution in [0.25, 0.3) is 21.8 Å². The molecule has 6 nitrogen and oxygen atoms in total. The lowest BCUT2D eigenvalue weighted by Crippen LogP contribution is -1.99. The van der Waals surface area contributed by atoms with Gasteiger partial charge in [0, 0.05) is 33.9 Å². The summed E-state index contributed by atoms with van der Waals surface area (Å²) in [6, 6.07) is 9.88. The largest absolute Gasteiger partial charge is 0.481 e. The zero-order valence-corrected chi connectivity index (χ0v) is 10.3. The van der Waals surface area contributed by atoms with Crippen LogP contribution >= 0.6 is 0 Å². The molecular weight excluding hydrogens is 260 g/mol. The van der Waals surface area contributed by atoms with E-state index in [9.17, 15) is 14.9 Å². The Morgan fingerprint density at radius 3 is 2.45 bits per heavy atom. The predicted octanol–water partition coefficient (Wildman–Crippen LogP) is 2.86. The van der Waals surface area contributed by atoms with E-state index in [1.165, 1.54) is 12.1 Å². The molecule has 3 aromatic rings. The molecule has 0 saturated carbocycles. The number of hydrogen-bond acceptors (Lipinski definition) is 3. The summed E-state index contributed by atoms with van der Waals surface area (Å²) in [6.45, 7) is 0. The van der Waals surface area contributed by atoms with Gasteiger partial charge in [-0.15, -0.1) is 0 Å². The molecule has 0 aliphatic heterocycles. The van der Waals surface area contributed by atoms with Crippen molar-refractivity contribution in [3.8, 4) is 0 Å². The summed E-state index contributed by atoms with van der Waals surface area (Å²) >= 11 is 0. The third-order valence-corrected chi connectivity index (χ3v) is 3.21. The number of non-ortho nitro benzene ring substituents is 1. The van der Waals surface area contributed by atoms with Crippen LogP contribution < -0.4 is 0 Å². The van der Waals surface area contributed by atoms with Crippen molar-refractivity contribution >= 4 is 33.5 Å². The smallest absolute Gasteiger partial charge is 0.307 e. The van der Waals surface area contributed by atoms with Gasteiger partial charge in [0.25, 0.3) is 5.69 Å². The molecule has 0 atom stereocenters. The van der Waals surface area contributed by atoms with Crippen molar-refractivity contribution in [2.24, 2.45) is 0 Å². The maximum Gasteiger partial charge on any atom is 0.307 e. The number of hydrogen-bond donors (Lipinski definition) is 2. The van der Waals surface area contributed by atoms with Crippen LogP contribution in [-0.4, -0.2) is 21.0 Å². The van der Waals surface area contributed by atoms with Crippen molar-refractivity contribution in [3.05, 3.63) is 52.1 Å². The van der Waals surface area contributed by atoms with Gasteiger partial charge in [0.1, 0.15) is 0 Å². The Morgan fingerprint density at radius 2 is 1.80 bits per heavy atom. The van der Waals surface area contributed by atoms with Crippen LogP contribution in [0.15, 0.2) is 36.4 Å². The molecule has 0 radical (unpaired) electrons. The minimum absolute atomic E-state index is 0.0158. The Balaban J connectivity index is 2.25. The number of rotatable bonds is 3. The molecule has 0 saturated heterocycles. The van der Waals surface area contributed by atoms with Gasteiger partial charge in [-0.2, -0.15) is 0 Å². The van der Waals surface area contributed by atoms with E-state index < -0.39 is 10.9 Å². The first-order valence-corrected chi connectivity index (χ1v) is 5.95. The van der Waals surface area contributed by atoms with Gasteiger partial charge in [-0.05, 0) is 23.8 Å². The molecular formula is C14H10N2O4.